The Kier molecular flexibility index (Phi) is 3.46. The van der Waals surface area contributed by atoms with Crippen molar-refractivity contribution < 1.29 is 24.1 Å². The van der Waals surface area contributed by atoms with E-state index in [1.165, 1.54) is 14.2 Å². The summed E-state index contributed by atoms with van der Waals surface area (Å²) in [6.07, 6.45) is 4.13. The van der Waals surface area contributed by atoms with Gasteiger partial charge in [0.05, 0.1) is 14.2 Å². The zero-order valence-electron chi connectivity index (χ0n) is 12.0. The van der Waals surface area contributed by atoms with E-state index in [9.17, 15) is 9.90 Å². The van der Waals surface area contributed by atoms with Crippen LogP contribution in [0.15, 0.2) is 42.1 Å². The number of fused-ring (bicyclic) bond motifs is 3. The lowest BCUT2D eigenvalue weighted by atomic mass is 9.87. The first kappa shape index (κ1) is 14.0. The molecule has 2 N–H and O–H groups in total. The quantitative estimate of drug-likeness (QED) is 0.807. The van der Waals surface area contributed by atoms with Crippen LogP contribution in [-0.4, -0.2) is 36.5 Å². The molecule has 22 heavy (non-hydrogen) atoms. The van der Waals surface area contributed by atoms with Crippen LogP contribution in [0.2, 0.25) is 0 Å². The number of carbonyl (C=O) groups is 1. The van der Waals surface area contributed by atoms with Crippen molar-refractivity contribution >= 4 is 17.5 Å². The second-order valence-electron chi connectivity index (χ2n) is 4.60. The number of pyridine rings is 1. The summed E-state index contributed by atoms with van der Waals surface area (Å²) in [4.78, 5) is 15.4. The number of aliphatic hydroxyl groups is 1. The number of methoxy groups -OCH3 is 2. The Morgan fingerprint density at radius 3 is 2.91 bits per heavy atom. The van der Waals surface area contributed by atoms with E-state index in [1.807, 2.05) is 6.07 Å². The summed E-state index contributed by atoms with van der Waals surface area (Å²) in [6, 6.07) is 3.10. The molecule has 114 valence electrons. The maximum Gasteiger partial charge on any atom is 0.514 e. The zero-order valence-corrected chi connectivity index (χ0v) is 12.0. The van der Waals surface area contributed by atoms with Crippen molar-refractivity contribution in [1.82, 2.24) is 10.3 Å². The first-order valence-corrected chi connectivity index (χ1v) is 6.52. The summed E-state index contributed by atoms with van der Waals surface area (Å²) in [7, 11) is 2.68. The van der Waals surface area contributed by atoms with Crippen LogP contribution in [0.3, 0.4) is 0 Å². The number of nitrogens with one attached hydrogen (secondary N) is 1. The van der Waals surface area contributed by atoms with E-state index >= 15 is 0 Å². The molecular weight excluding hydrogens is 288 g/mol. The van der Waals surface area contributed by atoms with E-state index in [0.29, 0.717) is 5.69 Å². The third-order valence-electron chi connectivity index (χ3n) is 3.42. The van der Waals surface area contributed by atoms with Crippen molar-refractivity contribution in [3.63, 3.8) is 0 Å². The van der Waals surface area contributed by atoms with E-state index in [0.717, 1.165) is 11.1 Å². The van der Waals surface area contributed by atoms with Crippen LogP contribution < -0.4 is 5.32 Å². The minimum absolute atomic E-state index is 0.0287. The highest BCUT2D eigenvalue weighted by molar-refractivity contribution is 5.87. The number of dihydropyridines is 1. The Bertz CT molecular complexity index is 720. The second-order valence-corrected chi connectivity index (χ2v) is 4.60. The van der Waals surface area contributed by atoms with E-state index < -0.39 is 12.2 Å². The summed E-state index contributed by atoms with van der Waals surface area (Å²) >= 11 is 0. The molecule has 7 heteroatoms. The van der Waals surface area contributed by atoms with Crippen LogP contribution >= 0.6 is 0 Å². The fourth-order valence-electron chi connectivity index (χ4n) is 2.46. The molecule has 0 fully saturated rings. The van der Waals surface area contributed by atoms with E-state index in [-0.39, 0.29) is 17.4 Å². The van der Waals surface area contributed by atoms with Gasteiger partial charge in [0.25, 0.3) is 0 Å². The molecular formula is C15H14N2O5. The lowest BCUT2D eigenvalue weighted by Gasteiger charge is -2.31. The molecule has 0 saturated heterocycles. The first-order valence-electron chi connectivity index (χ1n) is 6.52. The first-order chi connectivity index (χ1) is 10.7. The zero-order chi connectivity index (χ0) is 15.7. The molecule has 0 amide bonds. The minimum Gasteiger partial charge on any atom is -0.506 e. The molecule has 0 bridgehead atoms. The third-order valence-corrected chi connectivity index (χ3v) is 3.42. The Hall–Kier alpha value is -2.96. The summed E-state index contributed by atoms with van der Waals surface area (Å²) in [5.41, 5.74) is 2.21. The maximum absolute atomic E-state index is 11.2. The van der Waals surface area contributed by atoms with Gasteiger partial charge in [-0.2, -0.15) is 0 Å². The minimum atomic E-state index is -0.844. The van der Waals surface area contributed by atoms with Gasteiger partial charge in [-0.3, -0.25) is 4.98 Å². The highest BCUT2D eigenvalue weighted by Gasteiger charge is 2.35. The van der Waals surface area contributed by atoms with Crippen molar-refractivity contribution in [3.05, 3.63) is 53.4 Å². The van der Waals surface area contributed by atoms with E-state index in [2.05, 4.69) is 15.0 Å². The smallest absolute Gasteiger partial charge is 0.506 e. The van der Waals surface area contributed by atoms with Gasteiger partial charge in [-0.25, -0.2) is 4.79 Å². The molecule has 2 aliphatic rings. The van der Waals surface area contributed by atoms with Crippen molar-refractivity contribution in [3.8, 4) is 0 Å². The average molecular weight is 302 g/mol. The largest absolute Gasteiger partial charge is 0.514 e. The van der Waals surface area contributed by atoms with Crippen LogP contribution in [-0.2, 0) is 14.2 Å². The van der Waals surface area contributed by atoms with E-state index in [1.54, 1.807) is 24.4 Å². The second kappa shape index (κ2) is 5.44. The number of rotatable bonds is 2. The van der Waals surface area contributed by atoms with Crippen LogP contribution in [0, 0.1) is 0 Å². The topological polar surface area (TPSA) is 89.9 Å². The summed E-state index contributed by atoms with van der Waals surface area (Å²) in [5, 5.41) is 13.4. The predicted octanol–water partition coefficient (Wildman–Crippen LogP) is 1.95. The van der Waals surface area contributed by atoms with Gasteiger partial charge in [0.15, 0.2) is 11.5 Å². The molecule has 0 aromatic carbocycles. The van der Waals surface area contributed by atoms with Gasteiger partial charge < -0.3 is 24.6 Å². The Labute approximate surface area is 126 Å². The van der Waals surface area contributed by atoms with Crippen LogP contribution in [0.25, 0.3) is 11.3 Å². The Balaban J connectivity index is 2.05. The number of nitrogens with zero attached hydrogens (tertiary/aromatic N) is 1. The molecule has 0 radical (unpaired) electrons. The van der Waals surface area contributed by atoms with Gasteiger partial charge in [0.2, 0.25) is 5.88 Å². The highest BCUT2D eigenvalue weighted by Crippen LogP contribution is 2.38. The van der Waals surface area contributed by atoms with Gasteiger partial charge in [0, 0.05) is 11.8 Å². The number of allylic oxidation sites excluding steroid dienone is 2. The van der Waals surface area contributed by atoms with E-state index in [4.69, 9.17) is 9.47 Å². The monoisotopic (exact) mass is 302 g/mol. The molecule has 7 nitrogen and oxygen atoms in total. The maximum atomic E-state index is 11.2. The Morgan fingerprint density at radius 2 is 2.18 bits per heavy atom. The van der Waals surface area contributed by atoms with Crippen molar-refractivity contribution in [2.45, 2.75) is 6.04 Å². The van der Waals surface area contributed by atoms with Crippen LogP contribution in [0.4, 0.5) is 4.79 Å². The summed E-state index contributed by atoms with van der Waals surface area (Å²) in [5.74, 6) is 0.429. The molecule has 1 unspecified atom stereocenters. The molecule has 3 rings (SSSR count). The predicted molar refractivity (Wildman–Crippen MR) is 77.3 cm³/mol. The van der Waals surface area contributed by atoms with Crippen LogP contribution in [0.5, 0.6) is 0 Å². The number of aromatic nitrogens is 1. The average Bonchev–Trinajstić information content (AvgIpc) is 2.55. The number of ether oxygens (including phenoxy) is 3. The molecule has 0 spiro atoms. The molecule has 1 aliphatic carbocycles. The molecule has 1 aromatic heterocycles. The number of aliphatic hydroxyl groups excluding tert-OH is 1. The summed E-state index contributed by atoms with van der Waals surface area (Å²) in [6.45, 7) is 0. The SMILES string of the molecule is COC(=O)OC1=CC=C2c3cccnc3C(OC)=C(O)C2N1. The lowest BCUT2D eigenvalue weighted by molar-refractivity contribution is 0.0907. The molecule has 1 atom stereocenters. The fourth-order valence-corrected chi connectivity index (χ4v) is 2.46. The number of hydrogen-bond donors (Lipinski definition) is 2. The number of carbonyl (C=O) groups excluding carboxylic acids is 1. The fraction of sp³-hybridized carbons (Fsp3) is 0.200. The summed E-state index contributed by atoms with van der Waals surface area (Å²) < 4.78 is 14.7. The van der Waals surface area contributed by atoms with Gasteiger partial charge >= 0.3 is 6.16 Å². The highest BCUT2D eigenvalue weighted by atomic mass is 16.7. The normalized spacial score (nSPS) is 19.1. The van der Waals surface area contributed by atoms with Crippen molar-refractivity contribution in [2.75, 3.05) is 14.2 Å². The lowest BCUT2D eigenvalue weighted by Crippen LogP contribution is -2.38. The van der Waals surface area contributed by atoms with Gasteiger partial charge in [-0.1, -0.05) is 12.1 Å². The van der Waals surface area contributed by atoms with Gasteiger partial charge in [-0.15, -0.1) is 0 Å². The standard InChI is InChI=1S/C15H14N2O5/c1-20-14-12-8(4-3-7-16-12)9-5-6-10(22-15(19)21-2)17-11(9)13(14)18/h3-7,11,17-18H,1-2H3. The van der Waals surface area contributed by atoms with Gasteiger partial charge in [-0.05, 0) is 17.7 Å². The van der Waals surface area contributed by atoms with Crippen LogP contribution in [0.1, 0.15) is 11.3 Å². The molecule has 1 aliphatic heterocycles. The van der Waals surface area contributed by atoms with Gasteiger partial charge in [0.1, 0.15) is 11.7 Å². The van der Waals surface area contributed by atoms with Crippen molar-refractivity contribution in [2.24, 2.45) is 0 Å². The molecule has 1 aromatic rings. The molecule has 2 heterocycles. The number of hydrogen-bond acceptors (Lipinski definition) is 7. The van der Waals surface area contributed by atoms with Crippen molar-refractivity contribution in [1.29, 1.82) is 0 Å². The molecule has 0 saturated carbocycles. The Morgan fingerprint density at radius 1 is 1.36 bits per heavy atom. The third kappa shape index (κ3) is 2.16.